The second-order valence-corrected chi connectivity index (χ2v) is 6.11. The van der Waals surface area contributed by atoms with Gasteiger partial charge >= 0.3 is 0 Å². The zero-order valence-corrected chi connectivity index (χ0v) is 13.4. The molecule has 0 amide bonds. The van der Waals surface area contributed by atoms with Gasteiger partial charge in [0.2, 0.25) is 0 Å². The lowest BCUT2D eigenvalue weighted by Crippen LogP contribution is -1.91. The Morgan fingerprint density at radius 1 is 1.09 bits per heavy atom. The molecule has 2 heterocycles. The minimum absolute atomic E-state index is 0.0724. The van der Waals surface area contributed by atoms with Crippen molar-refractivity contribution in [2.75, 3.05) is 0 Å². The highest BCUT2D eigenvalue weighted by Crippen LogP contribution is 2.32. The monoisotopic (exact) mass is 367 g/mol. The Kier molecular flexibility index (Phi) is 3.12. The maximum absolute atomic E-state index is 11.1. The average Bonchev–Trinajstić information content (AvgIpc) is 2.96. The minimum atomic E-state index is -0.382. The lowest BCUT2D eigenvalue weighted by molar-refractivity contribution is -0.383. The number of pyridine rings is 1. The van der Waals surface area contributed by atoms with Crippen LogP contribution in [0.4, 0.5) is 5.69 Å². The summed E-state index contributed by atoms with van der Waals surface area (Å²) in [5.41, 5.74) is 3.45. The third kappa shape index (κ3) is 2.27. The first-order valence-electron chi connectivity index (χ1n) is 6.95. The smallest absolute Gasteiger partial charge is 0.278 e. The van der Waals surface area contributed by atoms with E-state index in [0.717, 1.165) is 26.6 Å². The van der Waals surface area contributed by atoms with Crippen molar-refractivity contribution in [3.05, 3.63) is 69.3 Å². The standard InChI is InChI=1S/C17H10BrN3O2/c18-10-4-6-14-12(8-10)13(9-19-14)16-7-5-11-15(20-16)2-1-3-17(11)21(22)23/h1-9,19H. The van der Waals surface area contributed by atoms with E-state index in [-0.39, 0.29) is 10.6 Å². The normalized spacial score (nSPS) is 11.2. The third-order valence-corrected chi connectivity index (χ3v) is 4.32. The van der Waals surface area contributed by atoms with Crippen molar-refractivity contribution in [2.45, 2.75) is 0 Å². The summed E-state index contributed by atoms with van der Waals surface area (Å²) in [5.74, 6) is 0. The fourth-order valence-corrected chi connectivity index (χ4v) is 3.11. The lowest BCUT2D eigenvalue weighted by Gasteiger charge is -2.03. The number of nitrogens with one attached hydrogen (secondary N) is 1. The highest BCUT2D eigenvalue weighted by atomic mass is 79.9. The minimum Gasteiger partial charge on any atom is -0.360 e. The van der Waals surface area contributed by atoms with Gasteiger partial charge in [-0.05, 0) is 36.4 Å². The number of nitro benzene ring substituents is 1. The van der Waals surface area contributed by atoms with Gasteiger partial charge in [-0.3, -0.25) is 10.1 Å². The van der Waals surface area contributed by atoms with Crippen LogP contribution < -0.4 is 0 Å². The summed E-state index contributed by atoms with van der Waals surface area (Å²) in [6.07, 6.45) is 1.91. The van der Waals surface area contributed by atoms with Crippen molar-refractivity contribution >= 4 is 43.4 Å². The molecule has 2 aromatic carbocycles. The molecule has 1 N–H and O–H groups in total. The first-order chi connectivity index (χ1) is 11.1. The lowest BCUT2D eigenvalue weighted by atomic mass is 10.1. The largest absolute Gasteiger partial charge is 0.360 e. The second-order valence-electron chi connectivity index (χ2n) is 5.19. The molecule has 23 heavy (non-hydrogen) atoms. The molecule has 0 saturated carbocycles. The molecule has 0 spiro atoms. The van der Waals surface area contributed by atoms with Gasteiger partial charge in [0.05, 0.1) is 21.5 Å². The molecule has 0 radical (unpaired) electrons. The number of H-pyrrole nitrogens is 1. The van der Waals surface area contributed by atoms with Crippen LogP contribution in [0, 0.1) is 10.1 Å². The number of nitro groups is 1. The Balaban J connectivity index is 1.95. The van der Waals surface area contributed by atoms with E-state index in [1.165, 1.54) is 6.07 Å². The molecule has 5 nitrogen and oxygen atoms in total. The quantitative estimate of drug-likeness (QED) is 0.397. The van der Waals surface area contributed by atoms with Gasteiger partial charge in [-0.2, -0.15) is 0 Å². The van der Waals surface area contributed by atoms with Crippen LogP contribution >= 0.6 is 15.9 Å². The second kappa shape index (κ2) is 5.17. The molecular weight excluding hydrogens is 358 g/mol. The Morgan fingerprint density at radius 2 is 1.96 bits per heavy atom. The first kappa shape index (κ1) is 13.9. The fraction of sp³-hybridized carbons (Fsp3) is 0. The zero-order valence-electron chi connectivity index (χ0n) is 11.8. The van der Waals surface area contributed by atoms with Gasteiger partial charge in [-0.15, -0.1) is 0 Å². The van der Waals surface area contributed by atoms with E-state index in [1.54, 1.807) is 18.2 Å². The van der Waals surface area contributed by atoms with E-state index >= 15 is 0 Å². The molecule has 0 aliphatic heterocycles. The van der Waals surface area contributed by atoms with Crippen molar-refractivity contribution in [1.29, 1.82) is 0 Å². The Bertz CT molecular complexity index is 1070. The number of aromatic amines is 1. The summed E-state index contributed by atoms with van der Waals surface area (Å²) in [5, 5.41) is 12.7. The number of fused-ring (bicyclic) bond motifs is 2. The van der Waals surface area contributed by atoms with E-state index in [1.807, 2.05) is 30.5 Å². The number of hydrogen-bond acceptors (Lipinski definition) is 3. The fourth-order valence-electron chi connectivity index (χ4n) is 2.75. The molecule has 112 valence electrons. The molecule has 0 atom stereocenters. The summed E-state index contributed by atoms with van der Waals surface area (Å²) >= 11 is 3.48. The van der Waals surface area contributed by atoms with Crippen LogP contribution in [0.3, 0.4) is 0 Å². The number of nitrogens with zero attached hydrogens (tertiary/aromatic N) is 2. The van der Waals surface area contributed by atoms with Crippen molar-refractivity contribution in [3.63, 3.8) is 0 Å². The zero-order chi connectivity index (χ0) is 16.0. The summed E-state index contributed by atoms with van der Waals surface area (Å²) in [6, 6.07) is 14.5. The highest BCUT2D eigenvalue weighted by Gasteiger charge is 2.14. The summed E-state index contributed by atoms with van der Waals surface area (Å²) < 4.78 is 0.988. The number of halogens is 1. The third-order valence-electron chi connectivity index (χ3n) is 3.83. The average molecular weight is 368 g/mol. The van der Waals surface area contributed by atoms with Gasteiger partial charge < -0.3 is 4.98 Å². The van der Waals surface area contributed by atoms with Gasteiger partial charge in [0.15, 0.2) is 0 Å². The van der Waals surface area contributed by atoms with Crippen LogP contribution in [-0.4, -0.2) is 14.9 Å². The molecule has 2 aromatic heterocycles. The van der Waals surface area contributed by atoms with Crippen LogP contribution in [0.1, 0.15) is 0 Å². The maximum atomic E-state index is 11.1. The number of aromatic nitrogens is 2. The molecule has 6 heteroatoms. The van der Waals surface area contributed by atoms with E-state index in [9.17, 15) is 10.1 Å². The summed E-state index contributed by atoms with van der Waals surface area (Å²) in [6.45, 7) is 0. The number of hydrogen-bond donors (Lipinski definition) is 1. The molecule has 0 saturated heterocycles. The van der Waals surface area contributed by atoms with Crippen LogP contribution in [-0.2, 0) is 0 Å². The molecule has 0 fully saturated rings. The summed E-state index contributed by atoms with van der Waals surface area (Å²) in [7, 11) is 0. The predicted octanol–water partition coefficient (Wildman–Crippen LogP) is 5.05. The van der Waals surface area contributed by atoms with Gasteiger partial charge in [0.1, 0.15) is 0 Å². The number of non-ortho nitro benzene ring substituents is 1. The molecule has 0 aliphatic rings. The number of rotatable bonds is 2. The summed E-state index contributed by atoms with van der Waals surface area (Å²) in [4.78, 5) is 18.5. The van der Waals surface area contributed by atoms with Crippen molar-refractivity contribution in [1.82, 2.24) is 9.97 Å². The Morgan fingerprint density at radius 3 is 2.78 bits per heavy atom. The van der Waals surface area contributed by atoms with Crippen LogP contribution in [0.2, 0.25) is 0 Å². The van der Waals surface area contributed by atoms with E-state index in [4.69, 9.17) is 0 Å². The highest BCUT2D eigenvalue weighted by molar-refractivity contribution is 9.10. The van der Waals surface area contributed by atoms with Crippen LogP contribution in [0.15, 0.2) is 59.2 Å². The SMILES string of the molecule is O=[N+]([O-])c1cccc2nc(-c3c[nH]c4ccc(Br)cc34)ccc12. The molecule has 0 bridgehead atoms. The van der Waals surface area contributed by atoms with Gasteiger partial charge in [-0.1, -0.05) is 22.0 Å². The van der Waals surface area contributed by atoms with Crippen molar-refractivity contribution < 1.29 is 4.92 Å². The van der Waals surface area contributed by atoms with Crippen molar-refractivity contribution in [2.24, 2.45) is 0 Å². The molecule has 0 unspecified atom stereocenters. The number of benzene rings is 2. The van der Waals surface area contributed by atoms with Gasteiger partial charge in [-0.25, -0.2) is 4.98 Å². The molecule has 0 aliphatic carbocycles. The van der Waals surface area contributed by atoms with Crippen LogP contribution in [0.25, 0.3) is 33.1 Å². The predicted molar refractivity (Wildman–Crippen MR) is 93.4 cm³/mol. The Labute approximate surface area is 139 Å². The Hall–Kier alpha value is -2.73. The van der Waals surface area contributed by atoms with E-state index in [2.05, 4.69) is 25.9 Å². The van der Waals surface area contributed by atoms with Gasteiger partial charge in [0, 0.05) is 33.2 Å². The first-order valence-corrected chi connectivity index (χ1v) is 7.74. The van der Waals surface area contributed by atoms with Crippen molar-refractivity contribution in [3.8, 4) is 11.3 Å². The van der Waals surface area contributed by atoms with Crippen LogP contribution in [0.5, 0.6) is 0 Å². The molecular formula is C17H10BrN3O2. The maximum Gasteiger partial charge on any atom is 0.278 e. The molecule has 4 aromatic rings. The molecule has 4 rings (SSSR count). The van der Waals surface area contributed by atoms with Gasteiger partial charge in [0.25, 0.3) is 5.69 Å². The topological polar surface area (TPSA) is 71.8 Å². The van der Waals surface area contributed by atoms with E-state index in [0.29, 0.717) is 10.9 Å². The van der Waals surface area contributed by atoms with E-state index < -0.39 is 0 Å².